The van der Waals surface area contributed by atoms with Gasteiger partial charge in [0.15, 0.2) is 0 Å². The van der Waals surface area contributed by atoms with Crippen LogP contribution >= 0.6 is 0 Å². The number of rotatable bonds is 2. The predicted molar refractivity (Wildman–Crippen MR) is 45.5 cm³/mol. The zero-order valence-corrected chi connectivity index (χ0v) is 7.45. The number of hydrogen-bond donors (Lipinski definition) is 0. The first-order valence-corrected chi connectivity index (χ1v) is 5.66. The van der Waals surface area contributed by atoms with Crippen molar-refractivity contribution in [1.82, 2.24) is 0 Å². The Kier molecular flexibility index (Phi) is 3.40. The van der Waals surface area contributed by atoms with E-state index >= 15 is 0 Å². The second kappa shape index (κ2) is 4.12. The molecule has 0 N–H and O–H groups in total. The Hall–Kier alpha value is 0.150. The maximum atomic E-state index is 11.1. The molecule has 0 saturated carbocycles. The Labute approximate surface area is 65.7 Å². The monoisotopic (exact) mass is 160 g/mol. The molecule has 2 atom stereocenters. The summed E-state index contributed by atoms with van der Waals surface area (Å²) in [5.74, 6) is 2.72. The molecule has 0 spiro atoms. The van der Waals surface area contributed by atoms with Gasteiger partial charge in [-0.1, -0.05) is 13.3 Å². The first kappa shape index (κ1) is 8.25. The fourth-order valence-corrected chi connectivity index (χ4v) is 3.11. The molecule has 2 unspecified atom stereocenters. The van der Waals surface area contributed by atoms with E-state index in [1.54, 1.807) is 0 Å². The Morgan fingerprint density at radius 2 is 2.40 bits per heavy atom. The van der Waals surface area contributed by atoms with E-state index in [1.165, 1.54) is 25.7 Å². The molecule has 0 aromatic rings. The molecular weight excluding hydrogens is 144 g/mol. The molecule has 0 radical (unpaired) electrons. The van der Waals surface area contributed by atoms with Crippen LogP contribution in [0.15, 0.2) is 0 Å². The van der Waals surface area contributed by atoms with Crippen molar-refractivity contribution in [2.75, 3.05) is 11.5 Å². The zero-order valence-electron chi connectivity index (χ0n) is 6.64. The van der Waals surface area contributed by atoms with Crippen LogP contribution in [-0.2, 0) is 10.8 Å². The van der Waals surface area contributed by atoms with Crippen molar-refractivity contribution in [2.24, 2.45) is 5.92 Å². The van der Waals surface area contributed by atoms with Gasteiger partial charge in [-0.05, 0) is 25.2 Å². The Balaban J connectivity index is 2.25. The van der Waals surface area contributed by atoms with E-state index in [9.17, 15) is 4.21 Å². The molecule has 1 aliphatic rings. The van der Waals surface area contributed by atoms with Crippen LogP contribution in [0.25, 0.3) is 0 Å². The summed E-state index contributed by atoms with van der Waals surface area (Å²) >= 11 is 0. The van der Waals surface area contributed by atoms with E-state index in [-0.39, 0.29) is 0 Å². The van der Waals surface area contributed by atoms with Crippen molar-refractivity contribution >= 4 is 10.8 Å². The minimum absolute atomic E-state index is 0.472. The second-order valence-corrected chi connectivity index (χ2v) is 4.73. The summed E-state index contributed by atoms with van der Waals surface area (Å²) in [5.41, 5.74) is 0. The van der Waals surface area contributed by atoms with Gasteiger partial charge in [-0.15, -0.1) is 0 Å². The van der Waals surface area contributed by atoms with Crippen LogP contribution in [0.1, 0.15) is 32.6 Å². The van der Waals surface area contributed by atoms with Crippen molar-refractivity contribution in [2.45, 2.75) is 32.6 Å². The molecule has 1 nitrogen and oxygen atoms in total. The van der Waals surface area contributed by atoms with Gasteiger partial charge >= 0.3 is 0 Å². The quantitative estimate of drug-likeness (QED) is 0.603. The van der Waals surface area contributed by atoms with Crippen LogP contribution in [0.5, 0.6) is 0 Å². The fourth-order valence-electron chi connectivity index (χ4n) is 1.60. The largest absolute Gasteiger partial charge is 0.260 e. The summed E-state index contributed by atoms with van der Waals surface area (Å²) in [6.45, 7) is 2.21. The van der Waals surface area contributed by atoms with Crippen molar-refractivity contribution in [3.63, 3.8) is 0 Å². The van der Waals surface area contributed by atoms with Crippen LogP contribution in [0.3, 0.4) is 0 Å². The maximum absolute atomic E-state index is 11.1. The molecule has 0 aromatic carbocycles. The predicted octanol–water partition coefficient (Wildman–Crippen LogP) is 1.95. The van der Waals surface area contributed by atoms with Crippen molar-refractivity contribution in [1.29, 1.82) is 0 Å². The second-order valence-electron chi connectivity index (χ2n) is 3.11. The van der Waals surface area contributed by atoms with Gasteiger partial charge in [-0.3, -0.25) is 4.21 Å². The Morgan fingerprint density at radius 3 is 3.00 bits per heavy atom. The van der Waals surface area contributed by atoms with Crippen LogP contribution in [-0.4, -0.2) is 15.7 Å². The van der Waals surface area contributed by atoms with Gasteiger partial charge in [0.05, 0.1) is 0 Å². The standard InChI is InChI=1S/C8H16OS/c1-2-4-8-5-3-6-10(9)7-8/h8H,2-7H2,1H3. The van der Waals surface area contributed by atoms with Crippen LogP contribution in [0, 0.1) is 5.92 Å². The molecule has 1 fully saturated rings. The summed E-state index contributed by atoms with van der Waals surface area (Å²) in [4.78, 5) is 0. The van der Waals surface area contributed by atoms with Gasteiger partial charge < -0.3 is 0 Å². The Morgan fingerprint density at radius 1 is 1.60 bits per heavy atom. The van der Waals surface area contributed by atoms with Gasteiger partial charge in [0.1, 0.15) is 0 Å². The van der Waals surface area contributed by atoms with Crippen molar-refractivity contribution in [3.8, 4) is 0 Å². The van der Waals surface area contributed by atoms with Gasteiger partial charge in [0, 0.05) is 22.3 Å². The third kappa shape index (κ3) is 2.41. The van der Waals surface area contributed by atoms with Gasteiger partial charge in [0.25, 0.3) is 0 Å². The van der Waals surface area contributed by atoms with Gasteiger partial charge in [-0.25, -0.2) is 0 Å². The molecule has 1 saturated heterocycles. The molecule has 60 valence electrons. The van der Waals surface area contributed by atoms with E-state index in [4.69, 9.17) is 0 Å². The highest BCUT2D eigenvalue weighted by atomic mass is 32.2. The van der Waals surface area contributed by atoms with Crippen LogP contribution < -0.4 is 0 Å². The van der Waals surface area contributed by atoms with Crippen LogP contribution in [0.4, 0.5) is 0 Å². The van der Waals surface area contributed by atoms with Crippen LogP contribution in [0.2, 0.25) is 0 Å². The maximum Gasteiger partial charge on any atom is 0.0263 e. The first-order valence-electron chi connectivity index (χ1n) is 4.18. The average molecular weight is 160 g/mol. The highest BCUT2D eigenvalue weighted by molar-refractivity contribution is 7.85. The lowest BCUT2D eigenvalue weighted by molar-refractivity contribution is 0.470. The first-order chi connectivity index (χ1) is 4.83. The molecule has 1 aliphatic heterocycles. The highest BCUT2D eigenvalue weighted by Gasteiger charge is 2.16. The third-order valence-electron chi connectivity index (χ3n) is 2.10. The molecule has 0 aliphatic carbocycles. The average Bonchev–Trinajstić information content (AvgIpc) is 1.88. The lowest BCUT2D eigenvalue weighted by Crippen LogP contribution is -2.19. The SMILES string of the molecule is CCCC1CCCS(=O)C1. The molecule has 0 amide bonds. The molecule has 2 heteroatoms. The van der Waals surface area contributed by atoms with E-state index in [0.29, 0.717) is 0 Å². The minimum Gasteiger partial charge on any atom is -0.260 e. The lowest BCUT2D eigenvalue weighted by atomic mass is 10.0. The zero-order chi connectivity index (χ0) is 7.40. The normalized spacial score (nSPS) is 34.1. The highest BCUT2D eigenvalue weighted by Crippen LogP contribution is 2.19. The minimum atomic E-state index is -0.472. The van der Waals surface area contributed by atoms with Crippen molar-refractivity contribution < 1.29 is 4.21 Å². The van der Waals surface area contributed by atoms with Gasteiger partial charge in [-0.2, -0.15) is 0 Å². The van der Waals surface area contributed by atoms with Crippen molar-refractivity contribution in [3.05, 3.63) is 0 Å². The molecule has 0 bridgehead atoms. The van der Waals surface area contributed by atoms with Gasteiger partial charge in [0.2, 0.25) is 0 Å². The van der Waals surface area contributed by atoms with E-state index in [0.717, 1.165) is 17.4 Å². The number of hydrogen-bond acceptors (Lipinski definition) is 1. The summed E-state index contributed by atoms with van der Waals surface area (Å²) in [7, 11) is -0.472. The summed E-state index contributed by atoms with van der Waals surface area (Å²) < 4.78 is 11.1. The van der Waals surface area contributed by atoms with E-state index in [1.807, 2.05) is 0 Å². The summed E-state index contributed by atoms with van der Waals surface area (Å²) in [6, 6.07) is 0. The topological polar surface area (TPSA) is 17.1 Å². The smallest absolute Gasteiger partial charge is 0.0263 e. The third-order valence-corrected chi connectivity index (χ3v) is 3.69. The molecular formula is C8H16OS. The molecule has 1 heterocycles. The lowest BCUT2D eigenvalue weighted by Gasteiger charge is -2.19. The van der Waals surface area contributed by atoms with E-state index < -0.39 is 10.8 Å². The summed E-state index contributed by atoms with van der Waals surface area (Å²) in [5, 5.41) is 0. The molecule has 1 rings (SSSR count). The summed E-state index contributed by atoms with van der Waals surface area (Å²) in [6.07, 6.45) is 5.05. The molecule has 10 heavy (non-hydrogen) atoms. The molecule has 0 aromatic heterocycles. The fraction of sp³-hybridized carbons (Fsp3) is 1.00. The van der Waals surface area contributed by atoms with E-state index in [2.05, 4.69) is 6.92 Å². The Bertz CT molecular complexity index is 120.